The van der Waals surface area contributed by atoms with Crippen LogP contribution in [-0.4, -0.2) is 5.16 Å². The smallest absolute Gasteiger partial charge is 0.190 e. The average molecular weight is 257 g/mol. The molecule has 14 heavy (non-hydrogen) atoms. The van der Waals surface area contributed by atoms with Gasteiger partial charge in [0.15, 0.2) is 5.76 Å². The number of nitrogens with two attached hydrogens (primary N) is 1. The van der Waals surface area contributed by atoms with Crippen molar-refractivity contribution in [2.75, 3.05) is 5.73 Å². The van der Waals surface area contributed by atoms with Crippen molar-refractivity contribution >= 4 is 21.6 Å². The molecule has 0 aliphatic rings. The molecule has 0 aliphatic heterocycles. The van der Waals surface area contributed by atoms with Crippen LogP contribution < -0.4 is 5.73 Å². The van der Waals surface area contributed by atoms with Gasteiger partial charge in [-0.3, -0.25) is 0 Å². The van der Waals surface area contributed by atoms with Crippen LogP contribution in [-0.2, 0) is 0 Å². The molecule has 0 amide bonds. The second-order valence-corrected chi connectivity index (χ2v) is 3.59. The quantitative estimate of drug-likeness (QED) is 0.854. The topological polar surface area (TPSA) is 52.0 Å². The molecule has 0 saturated heterocycles. The summed E-state index contributed by atoms with van der Waals surface area (Å²) in [6, 6.07) is 4.26. The summed E-state index contributed by atoms with van der Waals surface area (Å²) in [6.45, 7) is 0. The highest BCUT2D eigenvalue weighted by atomic mass is 79.9. The molecule has 2 aromatic rings. The number of aromatic nitrogens is 1. The molecule has 72 valence electrons. The molecule has 0 radical (unpaired) electrons. The molecule has 1 aromatic heterocycles. The number of nitrogen functional groups attached to an aromatic ring is 1. The van der Waals surface area contributed by atoms with E-state index in [1.54, 1.807) is 6.07 Å². The van der Waals surface area contributed by atoms with Crippen molar-refractivity contribution in [2.24, 2.45) is 0 Å². The second-order valence-electron chi connectivity index (χ2n) is 2.73. The second kappa shape index (κ2) is 3.42. The minimum absolute atomic E-state index is 0.321. The zero-order chi connectivity index (χ0) is 10.1. The van der Waals surface area contributed by atoms with Crippen LogP contribution in [0.5, 0.6) is 0 Å². The number of benzene rings is 1. The lowest BCUT2D eigenvalue weighted by Gasteiger charge is -2.00. The van der Waals surface area contributed by atoms with Crippen molar-refractivity contribution in [3.8, 4) is 11.3 Å². The van der Waals surface area contributed by atoms with Gasteiger partial charge in [0.2, 0.25) is 0 Å². The average Bonchev–Trinajstić information content (AvgIpc) is 2.52. The Bertz CT molecular complexity index is 470. The third-order valence-corrected chi connectivity index (χ3v) is 2.43. The molecule has 2 N–H and O–H groups in total. The summed E-state index contributed by atoms with van der Waals surface area (Å²) in [5.74, 6) is 0.121. The van der Waals surface area contributed by atoms with E-state index in [2.05, 4.69) is 21.1 Å². The summed E-state index contributed by atoms with van der Waals surface area (Å²) < 4.78 is 18.3. The normalized spacial score (nSPS) is 10.4. The van der Waals surface area contributed by atoms with Crippen molar-refractivity contribution in [3.63, 3.8) is 0 Å². The van der Waals surface area contributed by atoms with Crippen LogP contribution in [0.3, 0.4) is 0 Å². The zero-order valence-corrected chi connectivity index (χ0v) is 8.58. The molecule has 5 heteroatoms. The van der Waals surface area contributed by atoms with E-state index in [1.807, 2.05) is 0 Å². The van der Waals surface area contributed by atoms with E-state index in [0.717, 1.165) is 0 Å². The van der Waals surface area contributed by atoms with Crippen LogP contribution in [0, 0.1) is 5.82 Å². The maximum absolute atomic E-state index is 12.8. The fourth-order valence-electron chi connectivity index (χ4n) is 1.13. The molecule has 0 saturated carbocycles. The highest BCUT2D eigenvalue weighted by Crippen LogP contribution is 2.32. The van der Waals surface area contributed by atoms with Crippen molar-refractivity contribution in [2.45, 2.75) is 0 Å². The first-order valence-electron chi connectivity index (χ1n) is 3.84. The van der Waals surface area contributed by atoms with Gasteiger partial charge in [-0.15, -0.1) is 0 Å². The van der Waals surface area contributed by atoms with Gasteiger partial charge in [-0.1, -0.05) is 5.16 Å². The maximum atomic E-state index is 12.8. The highest BCUT2D eigenvalue weighted by molar-refractivity contribution is 9.10. The van der Waals surface area contributed by atoms with Crippen LogP contribution in [0.4, 0.5) is 10.1 Å². The minimum Gasteiger partial charge on any atom is -0.394 e. The first kappa shape index (κ1) is 9.21. The summed E-state index contributed by atoms with van der Waals surface area (Å²) in [5, 5.41) is 3.55. The Labute approximate surface area is 87.8 Å². The Morgan fingerprint density at radius 2 is 2.21 bits per heavy atom. The van der Waals surface area contributed by atoms with Crippen molar-refractivity contribution < 1.29 is 8.91 Å². The molecule has 0 aliphatic carbocycles. The van der Waals surface area contributed by atoms with Gasteiger partial charge in [-0.25, -0.2) is 4.39 Å². The first-order chi connectivity index (χ1) is 6.68. The number of anilines is 1. The Balaban J connectivity index is 2.58. The van der Waals surface area contributed by atoms with E-state index in [0.29, 0.717) is 21.5 Å². The summed E-state index contributed by atoms with van der Waals surface area (Å²) >= 11 is 3.22. The number of rotatable bonds is 1. The summed E-state index contributed by atoms with van der Waals surface area (Å²) in [6.07, 6.45) is 1.41. The number of hydrogen-bond donors (Lipinski definition) is 1. The van der Waals surface area contributed by atoms with Crippen molar-refractivity contribution in [1.82, 2.24) is 5.16 Å². The Morgan fingerprint density at radius 3 is 2.79 bits per heavy atom. The number of halogens is 2. The van der Waals surface area contributed by atoms with Crippen molar-refractivity contribution in [3.05, 3.63) is 34.7 Å². The van der Waals surface area contributed by atoms with E-state index in [-0.39, 0.29) is 5.82 Å². The third kappa shape index (κ3) is 1.50. The molecule has 1 aromatic carbocycles. The largest absolute Gasteiger partial charge is 0.394 e. The molecule has 3 nitrogen and oxygen atoms in total. The lowest BCUT2D eigenvalue weighted by atomic mass is 10.1. The molecule has 0 fully saturated rings. The standard InChI is InChI=1S/C9H6BrFN2O/c10-7-3-5(11)1-2-6(7)9-8(12)4-13-14-9/h1-4H,12H2. The first-order valence-corrected chi connectivity index (χ1v) is 4.63. The van der Waals surface area contributed by atoms with E-state index in [4.69, 9.17) is 10.3 Å². The van der Waals surface area contributed by atoms with E-state index < -0.39 is 0 Å². The molecular weight excluding hydrogens is 251 g/mol. The minimum atomic E-state index is -0.321. The summed E-state index contributed by atoms with van der Waals surface area (Å²) in [5.41, 5.74) is 6.72. The van der Waals surface area contributed by atoms with Crippen LogP contribution in [0.2, 0.25) is 0 Å². The highest BCUT2D eigenvalue weighted by Gasteiger charge is 2.11. The van der Waals surface area contributed by atoms with Gasteiger partial charge < -0.3 is 10.3 Å². The number of nitrogens with zero attached hydrogens (tertiary/aromatic N) is 1. The predicted molar refractivity (Wildman–Crippen MR) is 54.0 cm³/mol. The third-order valence-electron chi connectivity index (χ3n) is 1.77. The van der Waals surface area contributed by atoms with Gasteiger partial charge in [0.1, 0.15) is 11.5 Å². The molecule has 0 bridgehead atoms. The van der Waals surface area contributed by atoms with Gasteiger partial charge in [0, 0.05) is 10.0 Å². The Kier molecular flexibility index (Phi) is 2.25. The molecular formula is C9H6BrFN2O. The van der Waals surface area contributed by atoms with Crippen LogP contribution in [0.15, 0.2) is 33.4 Å². The Hall–Kier alpha value is -1.36. The summed E-state index contributed by atoms with van der Waals surface area (Å²) in [4.78, 5) is 0. The van der Waals surface area contributed by atoms with Crippen LogP contribution >= 0.6 is 15.9 Å². The molecule has 0 spiro atoms. The SMILES string of the molecule is Nc1cnoc1-c1ccc(F)cc1Br. The van der Waals surface area contributed by atoms with Gasteiger partial charge in [0.05, 0.1) is 6.20 Å². The van der Waals surface area contributed by atoms with Gasteiger partial charge in [0.25, 0.3) is 0 Å². The van der Waals surface area contributed by atoms with Crippen LogP contribution in [0.1, 0.15) is 0 Å². The predicted octanol–water partition coefficient (Wildman–Crippen LogP) is 2.83. The van der Waals surface area contributed by atoms with Gasteiger partial charge >= 0.3 is 0 Å². The molecule has 0 unspecified atom stereocenters. The lowest BCUT2D eigenvalue weighted by Crippen LogP contribution is -1.86. The zero-order valence-electron chi connectivity index (χ0n) is 7.00. The lowest BCUT2D eigenvalue weighted by molar-refractivity contribution is 0.432. The Morgan fingerprint density at radius 1 is 1.43 bits per heavy atom. The molecule has 0 atom stereocenters. The van der Waals surface area contributed by atoms with Crippen LogP contribution in [0.25, 0.3) is 11.3 Å². The summed E-state index contributed by atoms with van der Waals surface area (Å²) in [7, 11) is 0. The molecule has 2 rings (SSSR count). The fourth-order valence-corrected chi connectivity index (χ4v) is 1.66. The maximum Gasteiger partial charge on any atom is 0.190 e. The van der Waals surface area contributed by atoms with E-state index in [9.17, 15) is 4.39 Å². The van der Waals surface area contributed by atoms with E-state index >= 15 is 0 Å². The fraction of sp³-hybridized carbons (Fsp3) is 0. The van der Waals surface area contributed by atoms with Crippen molar-refractivity contribution in [1.29, 1.82) is 0 Å². The van der Waals surface area contributed by atoms with Gasteiger partial charge in [-0.05, 0) is 34.1 Å². The van der Waals surface area contributed by atoms with Gasteiger partial charge in [-0.2, -0.15) is 0 Å². The monoisotopic (exact) mass is 256 g/mol. The van der Waals surface area contributed by atoms with E-state index in [1.165, 1.54) is 18.3 Å². The molecule has 1 heterocycles. The number of hydrogen-bond acceptors (Lipinski definition) is 3.